The molecule has 0 aliphatic heterocycles. The topological polar surface area (TPSA) is 83.8 Å². The van der Waals surface area contributed by atoms with Crippen molar-refractivity contribution in [1.82, 2.24) is 0 Å². The number of ketones is 1. The zero-order valence-electron chi connectivity index (χ0n) is 19.6. The molecule has 0 spiro atoms. The van der Waals surface area contributed by atoms with Crippen LogP contribution in [0.3, 0.4) is 0 Å². The van der Waals surface area contributed by atoms with Gasteiger partial charge in [0.2, 0.25) is 0 Å². The fraction of sp³-hybridized carbons (Fsp3) is 0.481. The van der Waals surface area contributed by atoms with Crippen LogP contribution in [0, 0.1) is 17.3 Å². The number of hydrogen-bond donors (Lipinski definition) is 2. The van der Waals surface area contributed by atoms with Crippen LogP contribution in [0.25, 0.3) is 10.1 Å². The Morgan fingerprint density at radius 1 is 1.27 bits per heavy atom. The van der Waals surface area contributed by atoms with E-state index in [1.165, 1.54) is 17.2 Å². The average molecular weight is 471 g/mol. The first-order valence-corrected chi connectivity index (χ1v) is 12.3. The first-order valence-electron chi connectivity index (χ1n) is 11.5. The quantitative estimate of drug-likeness (QED) is 0.295. The van der Waals surface area contributed by atoms with Crippen LogP contribution in [-0.2, 0) is 20.7 Å². The number of hydrogen-bond acceptors (Lipinski definition) is 6. The summed E-state index contributed by atoms with van der Waals surface area (Å²) in [5.74, 6) is -0.856. The molecule has 0 radical (unpaired) electrons. The van der Waals surface area contributed by atoms with Crippen LogP contribution in [0.2, 0.25) is 0 Å². The Kier molecular flexibility index (Phi) is 8.63. The largest absolute Gasteiger partial charge is 0.469 e. The van der Waals surface area contributed by atoms with Crippen LogP contribution < -0.4 is 0 Å². The molecule has 4 atom stereocenters. The number of benzene rings is 1. The minimum atomic E-state index is -0.825. The molecule has 1 fully saturated rings. The van der Waals surface area contributed by atoms with Gasteiger partial charge in [-0.2, -0.15) is 0 Å². The fourth-order valence-corrected chi connectivity index (χ4v) is 5.61. The number of esters is 1. The van der Waals surface area contributed by atoms with Gasteiger partial charge in [0.1, 0.15) is 5.78 Å². The van der Waals surface area contributed by atoms with Gasteiger partial charge in [0.25, 0.3) is 0 Å². The van der Waals surface area contributed by atoms with Crippen molar-refractivity contribution in [1.29, 1.82) is 0 Å². The maximum absolute atomic E-state index is 13.0. The lowest BCUT2D eigenvalue weighted by Gasteiger charge is -2.22. The van der Waals surface area contributed by atoms with E-state index in [2.05, 4.69) is 22.9 Å². The van der Waals surface area contributed by atoms with E-state index in [9.17, 15) is 19.8 Å². The lowest BCUT2D eigenvalue weighted by atomic mass is 9.86. The number of rotatable bonds is 10. The van der Waals surface area contributed by atoms with Gasteiger partial charge < -0.3 is 14.9 Å². The number of Topliss-reactive ketones (excluding diaryl/α,β-unsaturated/α-hetero) is 1. The highest BCUT2D eigenvalue weighted by atomic mass is 32.1. The van der Waals surface area contributed by atoms with Gasteiger partial charge in [-0.1, -0.05) is 56.4 Å². The molecule has 2 aromatic rings. The number of carbonyl (C=O) groups is 2. The third-order valence-corrected chi connectivity index (χ3v) is 7.66. The number of thiophene rings is 1. The normalized spacial score (nSPS) is 23.7. The Hall–Kier alpha value is -2.28. The van der Waals surface area contributed by atoms with Crippen molar-refractivity contribution in [3.8, 4) is 0 Å². The van der Waals surface area contributed by atoms with Crippen LogP contribution >= 0.6 is 11.3 Å². The molecule has 1 aliphatic rings. The van der Waals surface area contributed by atoms with Gasteiger partial charge in [-0.3, -0.25) is 9.59 Å². The van der Waals surface area contributed by atoms with E-state index in [0.717, 1.165) is 11.3 Å². The summed E-state index contributed by atoms with van der Waals surface area (Å²) in [6, 6.07) is 10.2. The Bertz CT molecular complexity index is 985. The molecular weight excluding hydrogens is 436 g/mol. The molecule has 1 aromatic carbocycles. The lowest BCUT2D eigenvalue weighted by molar-refractivity contribution is -0.140. The summed E-state index contributed by atoms with van der Waals surface area (Å²) in [5, 5.41) is 22.6. The number of ether oxygens (including phenoxy) is 1. The van der Waals surface area contributed by atoms with E-state index in [0.29, 0.717) is 25.7 Å². The zero-order valence-corrected chi connectivity index (χ0v) is 20.4. The molecule has 0 saturated heterocycles. The van der Waals surface area contributed by atoms with E-state index < -0.39 is 17.6 Å². The number of unbranched alkanes of at least 4 members (excludes halogenated alkanes) is 1. The maximum Gasteiger partial charge on any atom is 0.305 e. The van der Waals surface area contributed by atoms with Gasteiger partial charge in [0, 0.05) is 34.3 Å². The molecule has 1 heterocycles. The SMILES string of the molecule is COC(=O)CCC/C=C\C[C@H]1C(=O)C(C)(C)[C@@H](O)C1/C=C/C(O)Cc1cc2ccccc2s1. The van der Waals surface area contributed by atoms with E-state index >= 15 is 0 Å². The highest BCUT2D eigenvalue weighted by molar-refractivity contribution is 7.19. The second kappa shape index (κ2) is 11.2. The number of aliphatic hydroxyl groups excluding tert-OH is 2. The summed E-state index contributed by atoms with van der Waals surface area (Å²) in [4.78, 5) is 25.3. The first-order chi connectivity index (χ1) is 15.7. The molecule has 5 nitrogen and oxygen atoms in total. The third-order valence-electron chi connectivity index (χ3n) is 6.52. The first kappa shape index (κ1) is 25.3. The Balaban J connectivity index is 1.61. The zero-order chi connectivity index (χ0) is 24.0. The summed E-state index contributed by atoms with van der Waals surface area (Å²) in [5.41, 5.74) is -0.825. The van der Waals surface area contributed by atoms with Gasteiger partial charge >= 0.3 is 5.97 Å². The van der Waals surface area contributed by atoms with E-state index in [1.54, 1.807) is 31.3 Å². The van der Waals surface area contributed by atoms with E-state index in [4.69, 9.17) is 0 Å². The molecule has 6 heteroatoms. The summed E-state index contributed by atoms with van der Waals surface area (Å²) in [6.07, 6.45) is 8.84. The molecule has 1 aliphatic carbocycles. The van der Waals surface area contributed by atoms with Gasteiger partial charge in [-0.15, -0.1) is 11.3 Å². The summed E-state index contributed by atoms with van der Waals surface area (Å²) in [7, 11) is 1.38. The molecule has 178 valence electrons. The molecule has 2 N–H and O–H groups in total. The average Bonchev–Trinajstić information content (AvgIpc) is 3.26. The highest BCUT2D eigenvalue weighted by Gasteiger charge is 2.52. The minimum absolute atomic E-state index is 0.0443. The van der Waals surface area contributed by atoms with Crippen molar-refractivity contribution in [2.45, 2.75) is 58.2 Å². The predicted molar refractivity (Wildman–Crippen MR) is 132 cm³/mol. The van der Waals surface area contributed by atoms with Crippen molar-refractivity contribution in [3.63, 3.8) is 0 Å². The molecular formula is C27H34O5S. The van der Waals surface area contributed by atoms with Crippen LogP contribution in [-0.4, -0.2) is 41.3 Å². The molecule has 0 amide bonds. The molecule has 3 rings (SSSR count). The number of fused-ring (bicyclic) bond motifs is 1. The molecule has 0 bridgehead atoms. The van der Waals surface area contributed by atoms with Crippen LogP contribution in [0.1, 0.15) is 44.4 Å². The number of allylic oxidation sites excluding steroid dienone is 2. The second-order valence-electron chi connectivity index (χ2n) is 9.30. The lowest BCUT2D eigenvalue weighted by Crippen LogP contribution is -2.31. The molecule has 2 unspecified atom stereocenters. The van der Waals surface area contributed by atoms with Crippen molar-refractivity contribution < 1.29 is 24.5 Å². The number of carbonyl (C=O) groups excluding carboxylic acids is 2. The summed E-state index contributed by atoms with van der Waals surface area (Å²) < 4.78 is 5.83. The monoisotopic (exact) mass is 470 g/mol. The summed E-state index contributed by atoms with van der Waals surface area (Å²) >= 11 is 1.67. The number of aliphatic hydroxyl groups is 2. The van der Waals surface area contributed by atoms with Gasteiger partial charge in [-0.05, 0) is 36.8 Å². The van der Waals surface area contributed by atoms with Crippen LogP contribution in [0.4, 0.5) is 0 Å². The van der Waals surface area contributed by atoms with Gasteiger partial charge in [0.05, 0.1) is 24.7 Å². The molecule has 1 saturated carbocycles. The molecule has 33 heavy (non-hydrogen) atoms. The van der Waals surface area contributed by atoms with Crippen molar-refractivity contribution in [3.05, 3.63) is 59.5 Å². The number of methoxy groups -OCH3 is 1. The van der Waals surface area contributed by atoms with Crippen LogP contribution in [0.15, 0.2) is 54.6 Å². The third kappa shape index (κ3) is 6.19. The van der Waals surface area contributed by atoms with Gasteiger partial charge in [0.15, 0.2) is 0 Å². The Morgan fingerprint density at radius 3 is 2.76 bits per heavy atom. The van der Waals surface area contributed by atoms with Crippen molar-refractivity contribution in [2.24, 2.45) is 17.3 Å². The highest BCUT2D eigenvalue weighted by Crippen LogP contribution is 2.44. The Morgan fingerprint density at radius 2 is 2.03 bits per heavy atom. The molecule has 1 aromatic heterocycles. The van der Waals surface area contributed by atoms with E-state index in [1.807, 2.05) is 30.4 Å². The maximum atomic E-state index is 13.0. The van der Waals surface area contributed by atoms with E-state index in [-0.39, 0.29) is 23.6 Å². The predicted octanol–water partition coefficient (Wildman–Crippen LogP) is 4.85. The fourth-order valence-electron chi connectivity index (χ4n) is 4.50. The second-order valence-corrected chi connectivity index (χ2v) is 10.5. The Labute approximate surface area is 199 Å². The van der Waals surface area contributed by atoms with Crippen molar-refractivity contribution in [2.75, 3.05) is 7.11 Å². The standard InChI is InChI=1S/C27H34O5S/c1-27(2)25(30)21(11-6-4-5-7-13-24(29)32-3)22(26(27)31)15-14-19(28)17-20-16-18-10-8-9-12-23(18)33-20/h4,6,8-10,12,14-16,19,21-22,26,28,31H,5,7,11,13,17H2,1-3H3/b6-4-,15-14+/t19?,21-,22?,26+/m1/s1. The van der Waals surface area contributed by atoms with Gasteiger partial charge in [-0.25, -0.2) is 0 Å². The smallest absolute Gasteiger partial charge is 0.305 e. The van der Waals surface area contributed by atoms with Crippen molar-refractivity contribution >= 4 is 33.2 Å². The minimum Gasteiger partial charge on any atom is -0.469 e. The van der Waals surface area contributed by atoms with Crippen LogP contribution in [0.5, 0.6) is 0 Å². The summed E-state index contributed by atoms with van der Waals surface area (Å²) in [6.45, 7) is 3.57.